The molecule has 1 aromatic carbocycles. The number of hydrogen-bond acceptors (Lipinski definition) is 4. The maximum Gasteiger partial charge on any atom is 0.331 e. The standard InChI is InChI=1S/C15H19BrO4/c1-15(2,3)20-14(17)7-6-11-12(18-4)8-10(16)9-13(11)19-5/h6-9H,1-5H3/b7-6+. The van der Waals surface area contributed by atoms with Crippen LogP contribution in [0.15, 0.2) is 22.7 Å². The van der Waals surface area contributed by atoms with Gasteiger partial charge in [-0.05, 0) is 39.0 Å². The van der Waals surface area contributed by atoms with Gasteiger partial charge in [0.05, 0.1) is 19.8 Å². The van der Waals surface area contributed by atoms with Crippen LogP contribution >= 0.6 is 15.9 Å². The first kappa shape index (κ1) is 16.6. The molecule has 1 rings (SSSR count). The third-order valence-electron chi connectivity index (χ3n) is 2.30. The van der Waals surface area contributed by atoms with Crippen molar-refractivity contribution in [1.82, 2.24) is 0 Å². The Hall–Kier alpha value is -1.49. The fourth-order valence-corrected chi connectivity index (χ4v) is 1.97. The van der Waals surface area contributed by atoms with Gasteiger partial charge in [-0.2, -0.15) is 0 Å². The van der Waals surface area contributed by atoms with Crippen molar-refractivity contribution in [3.63, 3.8) is 0 Å². The summed E-state index contributed by atoms with van der Waals surface area (Å²) in [5, 5.41) is 0. The zero-order valence-electron chi connectivity index (χ0n) is 12.3. The van der Waals surface area contributed by atoms with Crippen molar-refractivity contribution < 1.29 is 19.0 Å². The Bertz CT molecular complexity index is 490. The summed E-state index contributed by atoms with van der Waals surface area (Å²) in [6, 6.07) is 3.61. The number of carbonyl (C=O) groups is 1. The largest absolute Gasteiger partial charge is 0.496 e. The minimum atomic E-state index is -0.519. The van der Waals surface area contributed by atoms with Crippen LogP contribution in [0, 0.1) is 0 Å². The first-order valence-electron chi connectivity index (χ1n) is 6.09. The lowest BCUT2D eigenvalue weighted by atomic mass is 10.1. The van der Waals surface area contributed by atoms with Gasteiger partial charge < -0.3 is 14.2 Å². The van der Waals surface area contributed by atoms with Crippen molar-refractivity contribution in [3.8, 4) is 11.5 Å². The van der Waals surface area contributed by atoms with Crippen LogP contribution in [0.4, 0.5) is 0 Å². The molecule has 1 aromatic rings. The molecule has 110 valence electrons. The topological polar surface area (TPSA) is 44.8 Å². The van der Waals surface area contributed by atoms with E-state index in [2.05, 4.69) is 15.9 Å². The molecular weight excluding hydrogens is 324 g/mol. The molecular formula is C15H19BrO4. The minimum Gasteiger partial charge on any atom is -0.496 e. The summed E-state index contributed by atoms with van der Waals surface area (Å²) < 4.78 is 16.6. The Morgan fingerprint density at radius 1 is 1.15 bits per heavy atom. The first-order chi connectivity index (χ1) is 9.26. The average molecular weight is 343 g/mol. The van der Waals surface area contributed by atoms with Crippen molar-refractivity contribution in [2.75, 3.05) is 14.2 Å². The van der Waals surface area contributed by atoms with Gasteiger partial charge in [-0.15, -0.1) is 0 Å². The molecule has 0 radical (unpaired) electrons. The van der Waals surface area contributed by atoms with E-state index < -0.39 is 11.6 Å². The van der Waals surface area contributed by atoms with Crippen LogP contribution < -0.4 is 9.47 Å². The van der Waals surface area contributed by atoms with Crippen LogP contribution in [0.2, 0.25) is 0 Å². The zero-order valence-corrected chi connectivity index (χ0v) is 13.9. The lowest BCUT2D eigenvalue weighted by Crippen LogP contribution is -2.22. The number of hydrogen-bond donors (Lipinski definition) is 0. The maximum atomic E-state index is 11.7. The lowest BCUT2D eigenvalue weighted by Gasteiger charge is -2.18. The monoisotopic (exact) mass is 342 g/mol. The van der Waals surface area contributed by atoms with Gasteiger partial charge in [0.1, 0.15) is 17.1 Å². The molecule has 0 aliphatic carbocycles. The zero-order chi connectivity index (χ0) is 15.3. The predicted molar refractivity (Wildman–Crippen MR) is 82.1 cm³/mol. The smallest absolute Gasteiger partial charge is 0.331 e. The van der Waals surface area contributed by atoms with Gasteiger partial charge in [0.25, 0.3) is 0 Å². The Morgan fingerprint density at radius 2 is 1.65 bits per heavy atom. The van der Waals surface area contributed by atoms with Gasteiger partial charge >= 0.3 is 5.97 Å². The summed E-state index contributed by atoms with van der Waals surface area (Å²) in [5.74, 6) is 0.802. The van der Waals surface area contributed by atoms with Gasteiger partial charge in [0.2, 0.25) is 0 Å². The van der Waals surface area contributed by atoms with Crippen LogP contribution in [0.3, 0.4) is 0 Å². The number of halogens is 1. The van der Waals surface area contributed by atoms with Crippen LogP contribution in [-0.2, 0) is 9.53 Å². The van der Waals surface area contributed by atoms with Crippen LogP contribution in [-0.4, -0.2) is 25.8 Å². The molecule has 0 spiro atoms. The van der Waals surface area contributed by atoms with Crippen LogP contribution in [0.1, 0.15) is 26.3 Å². The quantitative estimate of drug-likeness (QED) is 0.616. The maximum absolute atomic E-state index is 11.7. The van der Waals surface area contributed by atoms with Gasteiger partial charge in [-0.25, -0.2) is 4.79 Å². The average Bonchev–Trinajstić information content (AvgIpc) is 2.33. The van der Waals surface area contributed by atoms with Crippen LogP contribution in [0.25, 0.3) is 6.08 Å². The molecule has 0 unspecified atom stereocenters. The van der Waals surface area contributed by atoms with Gasteiger partial charge in [0, 0.05) is 10.5 Å². The molecule has 5 heteroatoms. The third-order valence-corrected chi connectivity index (χ3v) is 2.76. The minimum absolute atomic E-state index is 0.412. The Labute approximate surface area is 127 Å². The van der Waals surface area contributed by atoms with Crippen molar-refractivity contribution in [3.05, 3.63) is 28.2 Å². The second-order valence-electron chi connectivity index (χ2n) is 5.09. The van der Waals surface area contributed by atoms with E-state index in [4.69, 9.17) is 14.2 Å². The fourth-order valence-electron chi connectivity index (χ4n) is 1.56. The van der Waals surface area contributed by atoms with Gasteiger partial charge in [-0.3, -0.25) is 0 Å². The highest BCUT2D eigenvalue weighted by atomic mass is 79.9. The van der Waals surface area contributed by atoms with E-state index in [1.807, 2.05) is 20.8 Å². The molecule has 0 aliphatic heterocycles. The Kier molecular flexibility index (Phi) is 5.62. The van der Waals surface area contributed by atoms with E-state index in [0.29, 0.717) is 17.1 Å². The first-order valence-corrected chi connectivity index (χ1v) is 6.88. The number of esters is 1. The van der Waals surface area contributed by atoms with Gasteiger partial charge in [-0.1, -0.05) is 15.9 Å². The summed E-state index contributed by atoms with van der Waals surface area (Å²) in [4.78, 5) is 11.7. The van der Waals surface area contributed by atoms with E-state index in [1.165, 1.54) is 6.08 Å². The third kappa shape index (κ3) is 4.89. The van der Waals surface area contributed by atoms with Crippen molar-refractivity contribution >= 4 is 28.0 Å². The Morgan fingerprint density at radius 3 is 2.05 bits per heavy atom. The second-order valence-corrected chi connectivity index (χ2v) is 6.01. The molecule has 0 saturated heterocycles. The van der Waals surface area contributed by atoms with E-state index in [1.54, 1.807) is 32.4 Å². The molecule has 0 bridgehead atoms. The number of benzene rings is 1. The molecule has 0 amide bonds. The lowest BCUT2D eigenvalue weighted by molar-refractivity contribution is -0.148. The second kappa shape index (κ2) is 6.79. The number of carbonyl (C=O) groups excluding carboxylic acids is 1. The van der Waals surface area contributed by atoms with Crippen molar-refractivity contribution in [2.45, 2.75) is 26.4 Å². The SMILES string of the molecule is COc1cc(Br)cc(OC)c1/C=C/C(=O)OC(C)(C)C. The van der Waals surface area contributed by atoms with E-state index in [0.717, 1.165) is 4.47 Å². The van der Waals surface area contributed by atoms with E-state index in [-0.39, 0.29) is 0 Å². The molecule has 0 N–H and O–H groups in total. The highest BCUT2D eigenvalue weighted by Crippen LogP contribution is 2.33. The summed E-state index contributed by atoms with van der Waals surface area (Å²) in [5.41, 5.74) is 0.166. The number of rotatable bonds is 4. The molecule has 0 atom stereocenters. The fraction of sp³-hybridized carbons (Fsp3) is 0.400. The van der Waals surface area contributed by atoms with Gasteiger partial charge in [0.15, 0.2) is 0 Å². The molecule has 0 saturated carbocycles. The highest BCUT2D eigenvalue weighted by molar-refractivity contribution is 9.10. The molecule has 0 aromatic heterocycles. The van der Waals surface area contributed by atoms with E-state index in [9.17, 15) is 4.79 Å². The van der Waals surface area contributed by atoms with E-state index >= 15 is 0 Å². The summed E-state index contributed by atoms with van der Waals surface area (Å²) >= 11 is 3.37. The predicted octanol–water partition coefficient (Wildman–Crippen LogP) is 3.82. The summed E-state index contributed by atoms with van der Waals surface area (Å²) in [6.45, 7) is 5.46. The number of methoxy groups -OCH3 is 2. The highest BCUT2D eigenvalue weighted by Gasteiger charge is 2.15. The molecule has 20 heavy (non-hydrogen) atoms. The molecule has 0 aliphatic rings. The number of ether oxygens (including phenoxy) is 3. The molecule has 4 nitrogen and oxygen atoms in total. The van der Waals surface area contributed by atoms with Crippen molar-refractivity contribution in [2.24, 2.45) is 0 Å². The summed E-state index contributed by atoms with van der Waals surface area (Å²) in [7, 11) is 3.12. The van der Waals surface area contributed by atoms with Crippen LogP contribution in [0.5, 0.6) is 11.5 Å². The Balaban J connectivity index is 3.05. The van der Waals surface area contributed by atoms with Crippen molar-refractivity contribution in [1.29, 1.82) is 0 Å². The normalized spacial score (nSPS) is 11.5. The molecule has 0 heterocycles. The summed E-state index contributed by atoms with van der Waals surface area (Å²) in [6.07, 6.45) is 2.98. The molecule has 0 fully saturated rings.